The molecule has 1 N–H and O–H groups in total. The van der Waals surface area contributed by atoms with E-state index in [1.165, 1.54) is 7.11 Å². The van der Waals surface area contributed by atoms with E-state index in [9.17, 15) is 4.79 Å². The van der Waals surface area contributed by atoms with Crippen LogP contribution in [-0.2, 0) is 6.42 Å². The van der Waals surface area contributed by atoms with Crippen molar-refractivity contribution in [1.29, 1.82) is 0 Å². The fourth-order valence-corrected chi connectivity index (χ4v) is 1.96. The van der Waals surface area contributed by atoms with Gasteiger partial charge < -0.3 is 4.74 Å². The Kier molecular flexibility index (Phi) is 5.35. The van der Waals surface area contributed by atoms with Crippen LogP contribution in [0.5, 0.6) is 5.75 Å². The monoisotopic (exact) mass is 302 g/mol. The Hall–Kier alpha value is -2.33. The van der Waals surface area contributed by atoms with Crippen molar-refractivity contribution in [2.24, 2.45) is 5.10 Å². The zero-order valence-corrected chi connectivity index (χ0v) is 12.3. The van der Waals surface area contributed by atoms with E-state index in [0.717, 1.165) is 5.56 Å². The van der Waals surface area contributed by atoms with E-state index in [1.54, 1.807) is 24.4 Å². The normalized spacial score (nSPS) is 10.6. The Balaban J connectivity index is 1.97. The first kappa shape index (κ1) is 15.1. The lowest BCUT2D eigenvalue weighted by Crippen LogP contribution is -2.18. The van der Waals surface area contributed by atoms with E-state index < -0.39 is 0 Å². The number of hydrogen-bond donors (Lipinski definition) is 1. The van der Waals surface area contributed by atoms with Crippen molar-refractivity contribution < 1.29 is 9.53 Å². The van der Waals surface area contributed by atoms with Crippen molar-refractivity contribution in [2.45, 2.75) is 6.42 Å². The number of nitrogens with zero attached hydrogens (tertiary/aromatic N) is 1. The molecule has 0 aliphatic heterocycles. The van der Waals surface area contributed by atoms with Crippen LogP contribution in [0.15, 0.2) is 53.6 Å². The van der Waals surface area contributed by atoms with Crippen LogP contribution in [0, 0.1) is 0 Å². The SMILES string of the molecule is COc1ccc(Cl)cc1C(=O)N/N=C/Cc1ccccc1. The molecule has 21 heavy (non-hydrogen) atoms. The Morgan fingerprint density at radius 1 is 1.29 bits per heavy atom. The molecule has 0 spiro atoms. The van der Waals surface area contributed by atoms with Crippen LogP contribution >= 0.6 is 11.6 Å². The first-order valence-corrected chi connectivity index (χ1v) is 6.78. The van der Waals surface area contributed by atoms with Gasteiger partial charge in [0.15, 0.2) is 0 Å². The molecule has 4 nitrogen and oxygen atoms in total. The average Bonchev–Trinajstić information content (AvgIpc) is 2.52. The maximum atomic E-state index is 12.0. The van der Waals surface area contributed by atoms with Gasteiger partial charge in [-0.3, -0.25) is 4.79 Å². The van der Waals surface area contributed by atoms with Crippen molar-refractivity contribution in [3.05, 3.63) is 64.7 Å². The first-order valence-electron chi connectivity index (χ1n) is 6.40. The minimum atomic E-state index is -0.362. The van der Waals surface area contributed by atoms with Gasteiger partial charge in [-0.25, -0.2) is 5.43 Å². The number of carbonyl (C=O) groups excluding carboxylic acids is 1. The standard InChI is InChI=1S/C16H15ClN2O2/c1-21-15-8-7-13(17)11-14(15)16(20)19-18-10-9-12-5-3-2-4-6-12/h2-8,10-11H,9H2,1H3,(H,19,20)/b18-10+. The van der Waals surface area contributed by atoms with Gasteiger partial charge in [0.2, 0.25) is 0 Å². The highest BCUT2D eigenvalue weighted by atomic mass is 35.5. The molecule has 0 atom stereocenters. The van der Waals surface area contributed by atoms with Gasteiger partial charge in [0.05, 0.1) is 12.7 Å². The molecule has 0 heterocycles. The zero-order valence-electron chi connectivity index (χ0n) is 11.5. The van der Waals surface area contributed by atoms with Crippen LogP contribution in [0.4, 0.5) is 0 Å². The topological polar surface area (TPSA) is 50.7 Å². The number of methoxy groups -OCH3 is 1. The van der Waals surface area contributed by atoms with E-state index in [4.69, 9.17) is 16.3 Å². The van der Waals surface area contributed by atoms with E-state index >= 15 is 0 Å². The maximum Gasteiger partial charge on any atom is 0.275 e. The van der Waals surface area contributed by atoms with Crippen LogP contribution in [0.3, 0.4) is 0 Å². The predicted octanol–water partition coefficient (Wildman–Crippen LogP) is 3.31. The minimum Gasteiger partial charge on any atom is -0.496 e. The highest BCUT2D eigenvalue weighted by Gasteiger charge is 2.11. The molecule has 0 aliphatic carbocycles. The smallest absolute Gasteiger partial charge is 0.275 e. The Morgan fingerprint density at radius 2 is 2.05 bits per heavy atom. The highest BCUT2D eigenvalue weighted by molar-refractivity contribution is 6.31. The van der Waals surface area contributed by atoms with Crippen molar-refractivity contribution in [3.8, 4) is 5.75 Å². The van der Waals surface area contributed by atoms with Crippen LogP contribution in [0.1, 0.15) is 15.9 Å². The van der Waals surface area contributed by atoms with E-state index in [1.807, 2.05) is 30.3 Å². The summed E-state index contributed by atoms with van der Waals surface area (Å²) in [4.78, 5) is 12.0. The minimum absolute atomic E-state index is 0.349. The second-order valence-electron chi connectivity index (χ2n) is 4.29. The number of halogens is 1. The van der Waals surface area contributed by atoms with Gasteiger partial charge in [0, 0.05) is 17.7 Å². The lowest BCUT2D eigenvalue weighted by atomic mass is 10.2. The Bertz CT molecular complexity index is 642. The van der Waals surface area contributed by atoms with E-state index in [-0.39, 0.29) is 5.91 Å². The third-order valence-electron chi connectivity index (χ3n) is 2.83. The molecule has 0 saturated heterocycles. The molecule has 0 aliphatic rings. The number of hydrogen-bond acceptors (Lipinski definition) is 3. The predicted molar refractivity (Wildman–Crippen MR) is 84.1 cm³/mol. The van der Waals surface area contributed by atoms with Crippen LogP contribution < -0.4 is 10.2 Å². The van der Waals surface area contributed by atoms with E-state index in [0.29, 0.717) is 22.8 Å². The number of benzene rings is 2. The molecule has 0 bridgehead atoms. The summed E-state index contributed by atoms with van der Waals surface area (Å²) in [5, 5.41) is 4.39. The van der Waals surface area contributed by atoms with E-state index in [2.05, 4.69) is 10.5 Å². The molecule has 5 heteroatoms. The fourth-order valence-electron chi connectivity index (χ4n) is 1.79. The summed E-state index contributed by atoms with van der Waals surface area (Å²) >= 11 is 5.89. The number of hydrazone groups is 1. The summed E-state index contributed by atoms with van der Waals surface area (Å²) in [5.41, 5.74) is 3.93. The molecule has 1 amide bonds. The largest absolute Gasteiger partial charge is 0.496 e. The van der Waals surface area contributed by atoms with Gasteiger partial charge in [0.25, 0.3) is 5.91 Å². The van der Waals surface area contributed by atoms with Gasteiger partial charge in [-0.1, -0.05) is 41.9 Å². The maximum absolute atomic E-state index is 12.0. The Labute approximate surface area is 128 Å². The number of ether oxygens (including phenoxy) is 1. The quantitative estimate of drug-likeness (QED) is 0.680. The van der Waals surface area contributed by atoms with Crippen molar-refractivity contribution >= 4 is 23.7 Å². The number of carbonyl (C=O) groups is 1. The highest BCUT2D eigenvalue weighted by Crippen LogP contribution is 2.22. The zero-order chi connectivity index (χ0) is 15.1. The van der Waals surface area contributed by atoms with Crippen molar-refractivity contribution in [2.75, 3.05) is 7.11 Å². The second-order valence-corrected chi connectivity index (χ2v) is 4.72. The summed E-state index contributed by atoms with van der Waals surface area (Å²) < 4.78 is 5.13. The fraction of sp³-hybridized carbons (Fsp3) is 0.125. The summed E-state index contributed by atoms with van der Waals surface area (Å²) in [6, 6.07) is 14.7. The molecule has 2 aromatic carbocycles. The molecular weight excluding hydrogens is 288 g/mol. The molecule has 0 unspecified atom stereocenters. The van der Waals surface area contributed by atoms with Crippen LogP contribution in [0.25, 0.3) is 0 Å². The first-order chi connectivity index (χ1) is 10.2. The van der Waals surface area contributed by atoms with Crippen LogP contribution in [-0.4, -0.2) is 19.2 Å². The lowest BCUT2D eigenvalue weighted by molar-refractivity contribution is 0.0952. The lowest BCUT2D eigenvalue weighted by Gasteiger charge is -2.07. The molecule has 108 valence electrons. The molecular formula is C16H15ClN2O2. The summed E-state index contributed by atoms with van der Waals surface area (Å²) in [6.07, 6.45) is 2.29. The number of rotatable bonds is 5. The summed E-state index contributed by atoms with van der Waals surface area (Å²) in [5.74, 6) is 0.0915. The molecule has 0 aromatic heterocycles. The Morgan fingerprint density at radius 3 is 2.76 bits per heavy atom. The van der Waals surface area contributed by atoms with Gasteiger partial charge in [0.1, 0.15) is 5.75 Å². The molecule has 2 aromatic rings. The molecule has 0 fully saturated rings. The average molecular weight is 303 g/mol. The number of amides is 1. The molecule has 2 rings (SSSR count). The third-order valence-corrected chi connectivity index (χ3v) is 3.07. The molecule has 0 radical (unpaired) electrons. The van der Waals surface area contributed by atoms with Gasteiger partial charge in [-0.2, -0.15) is 5.10 Å². The van der Waals surface area contributed by atoms with Gasteiger partial charge >= 0.3 is 0 Å². The van der Waals surface area contributed by atoms with Gasteiger partial charge in [-0.15, -0.1) is 0 Å². The third kappa shape index (κ3) is 4.33. The summed E-state index contributed by atoms with van der Waals surface area (Å²) in [6.45, 7) is 0. The van der Waals surface area contributed by atoms with Gasteiger partial charge in [-0.05, 0) is 23.8 Å². The van der Waals surface area contributed by atoms with Crippen molar-refractivity contribution in [1.82, 2.24) is 5.43 Å². The van der Waals surface area contributed by atoms with Crippen molar-refractivity contribution in [3.63, 3.8) is 0 Å². The summed E-state index contributed by atoms with van der Waals surface area (Å²) in [7, 11) is 1.50. The second kappa shape index (κ2) is 7.45. The number of nitrogens with one attached hydrogen (secondary N) is 1. The van der Waals surface area contributed by atoms with Crippen LogP contribution in [0.2, 0.25) is 5.02 Å². The molecule has 0 saturated carbocycles.